The van der Waals surface area contributed by atoms with Gasteiger partial charge in [0.05, 0.1) is 18.6 Å². The number of sulfonamides is 1. The number of hydrogen-bond donors (Lipinski definition) is 3. The van der Waals surface area contributed by atoms with Gasteiger partial charge in [-0.15, -0.1) is 0 Å². The summed E-state index contributed by atoms with van der Waals surface area (Å²) in [6, 6.07) is 10.7. The highest BCUT2D eigenvalue weighted by molar-refractivity contribution is 7.90. The van der Waals surface area contributed by atoms with E-state index in [9.17, 15) is 13.2 Å². The van der Waals surface area contributed by atoms with Crippen molar-refractivity contribution >= 4 is 27.5 Å². The van der Waals surface area contributed by atoms with Gasteiger partial charge in [0.15, 0.2) is 11.5 Å². The molecule has 10 heteroatoms. The lowest BCUT2D eigenvalue weighted by Gasteiger charge is -2.13. The molecule has 3 rings (SSSR count). The smallest absolute Gasteiger partial charge is 0.262 e. The Labute approximate surface area is 187 Å². The monoisotopic (exact) mass is 461 g/mol. The number of aliphatic hydroxyl groups excluding tert-OH is 1. The van der Waals surface area contributed by atoms with E-state index in [-0.39, 0.29) is 23.7 Å². The van der Waals surface area contributed by atoms with E-state index in [4.69, 9.17) is 14.6 Å². The second-order valence-electron chi connectivity index (χ2n) is 7.16. The number of rotatable bonds is 8. The number of methoxy groups -OCH3 is 1. The average Bonchev–Trinajstić information content (AvgIpc) is 3.05. The van der Waals surface area contributed by atoms with Crippen molar-refractivity contribution in [1.82, 2.24) is 4.72 Å². The van der Waals surface area contributed by atoms with Crippen molar-refractivity contribution in [2.24, 2.45) is 4.99 Å². The number of anilines is 1. The summed E-state index contributed by atoms with van der Waals surface area (Å²) in [5.41, 5.74) is 0.618. The van der Waals surface area contributed by atoms with Crippen LogP contribution in [0.15, 0.2) is 52.4 Å². The van der Waals surface area contributed by atoms with Crippen LogP contribution in [-0.4, -0.2) is 52.1 Å². The van der Waals surface area contributed by atoms with Crippen LogP contribution in [0.2, 0.25) is 0 Å². The van der Waals surface area contributed by atoms with Gasteiger partial charge < -0.3 is 19.9 Å². The fourth-order valence-electron chi connectivity index (χ4n) is 3.20. The Bertz CT molecular complexity index is 1080. The van der Waals surface area contributed by atoms with Crippen molar-refractivity contribution in [3.05, 3.63) is 48.0 Å². The van der Waals surface area contributed by atoms with Crippen molar-refractivity contribution < 1.29 is 27.8 Å². The number of benzene rings is 2. The number of aliphatic hydroxyl groups is 1. The van der Waals surface area contributed by atoms with Crippen LogP contribution in [0.25, 0.3) is 0 Å². The van der Waals surface area contributed by atoms with Gasteiger partial charge in [0.25, 0.3) is 15.9 Å². The third-order valence-electron chi connectivity index (χ3n) is 4.80. The highest BCUT2D eigenvalue weighted by Crippen LogP contribution is 2.28. The van der Waals surface area contributed by atoms with Crippen molar-refractivity contribution in [3.63, 3.8) is 0 Å². The predicted octanol–water partition coefficient (Wildman–Crippen LogP) is 2.57. The Kier molecular flexibility index (Phi) is 8.07. The lowest BCUT2D eigenvalue weighted by molar-refractivity contribution is 0.102. The van der Waals surface area contributed by atoms with Crippen LogP contribution in [0.5, 0.6) is 11.5 Å². The molecule has 32 heavy (non-hydrogen) atoms. The molecule has 0 aliphatic carbocycles. The maximum atomic E-state index is 12.8. The number of hydrogen-bond acceptors (Lipinski definition) is 7. The SMILES string of the molecule is COc1ccc(C(=O)Nc2cccc(S(=O)(=O)NC3=NCCCCC3)c2)cc1OCCO. The van der Waals surface area contributed by atoms with Gasteiger partial charge in [-0.3, -0.25) is 14.5 Å². The number of amidine groups is 1. The van der Waals surface area contributed by atoms with E-state index in [2.05, 4.69) is 15.0 Å². The number of ether oxygens (including phenoxy) is 2. The Hall–Kier alpha value is -3.11. The highest BCUT2D eigenvalue weighted by Gasteiger charge is 2.18. The Morgan fingerprint density at radius 1 is 1.12 bits per heavy atom. The normalized spacial score (nSPS) is 14.1. The minimum absolute atomic E-state index is 0.0314. The molecule has 172 valence electrons. The first kappa shape index (κ1) is 23.6. The zero-order valence-corrected chi connectivity index (χ0v) is 18.7. The van der Waals surface area contributed by atoms with Gasteiger partial charge in [0.2, 0.25) is 0 Å². The van der Waals surface area contributed by atoms with Gasteiger partial charge >= 0.3 is 0 Å². The molecule has 1 aliphatic rings. The van der Waals surface area contributed by atoms with Crippen molar-refractivity contribution in [2.75, 3.05) is 32.2 Å². The van der Waals surface area contributed by atoms with E-state index in [1.165, 1.54) is 25.3 Å². The molecule has 0 saturated heterocycles. The molecular formula is C22H27N3O6S. The summed E-state index contributed by atoms with van der Waals surface area (Å²) in [6.07, 6.45) is 3.45. The molecule has 9 nitrogen and oxygen atoms in total. The molecule has 2 aromatic rings. The Morgan fingerprint density at radius 3 is 2.75 bits per heavy atom. The van der Waals surface area contributed by atoms with Crippen LogP contribution < -0.4 is 19.5 Å². The van der Waals surface area contributed by atoms with E-state index in [1.54, 1.807) is 24.3 Å². The summed E-state index contributed by atoms with van der Waals surface area (Å²) >= 11 is 0. The van der Waals surface area contributed by atoms with Crippen LogP contribution in [-0.2, 0) is 10.0 Å². The highest BCUT2D eigenvalue weighted by atomic mass is 32.2. The van der Waals surface area contributed by atoms with Gasteiger partial charge in [-0.2, -0.15) is 0 Å². The molecular weight excluding hydrogens is 434 g/mol. The molecule has 0 saturated carbocycles. The topological polar surface area (TPSA) is 126 Å². The van der Waals surface area contributed by atoms with Gasteiger partial charge in [-0.05, 0) is 49.2 Å². The molecule has 0 radical (unpaired) electrons. The van der Waals surface area contributed by atoms with Crippen LogP contribution in [0.4, 0.5) is 5.69 Å². The molecule has 3 N–H and O–H groups in total. The predicted molar refractivity (Wildman–Crippen MR) is 121 cm³/mol. The number of aliphatic imine (C=N–C) groups is 1. The first-order chi connectivity index (χ1) is 15.4. The molecule has 1 aliphatic heterocycles. The van der Waals surface area contributed by atoms with Crippen LogP contribution in [0.3, 0.4) is 0 Å². The Balaban J connectivity index is 1.75. The van der Waals surface area contributed by atoms with E-state index >= 15 is 0 Å². The lowest BCUT2D eigenvalue weighted by atomic mass is 10.2. The maximum absolute atomic E-state index is 12.8. The van der Waals surface area contributed by atoms with E-state index in [1.807, 2.05) is 0 Å². The summed E-state index contributed by atoms with van der Waals surface area (Å²) in [5.74, 6) is 0.761. The molecule has 0 atom stereocenters. The summed E-state index contributed by atoms with van der Waals surface area (Å²) < 4.78 is 38.7. The van der Waals surface area contributed by atoms with Gasteiger partial charge in [0.1, 0.15) is 12.4 Å². The second kappa shape index (κ2) is 11.0. The summed E-state index contributed by atoms with van der Waals surface area (Å²) in [4.78, 5) is 17.1. The standard InChI is InChI=1S/C22H27N3O6S/c1-30-19-10-9-16(14-20(19)31-13-12-26)22(27)24-17-6-5-7-18(15-17)32(28,29)25-21-8-3-2-4-11-23-21/h5-7,9-10,14-15,26H,2-4,8,11-13H2,1H3,(H,23,25)(H,24,27). The molecule has 0 aromatic heterocycles. The fraction of sp³-hybridized carbons (Fsp3) is 0.364. The zero-order valence-electron chi connectivity index (χ0n) is 17.8. The molecule has 0 unspecified atom stereocenters. The number of carbonyl (C=O) groups is 1. The fourth-order valence-corrected chi connectivity index (χ4v) is 4.34. The van der Waals surface area contributed by atoms with Gasteiger partial charge in [-0.1, -0.05) is 12.5 Å². The summed E-state index contributed by atoms with van der Waals surface area (Å²) in [6.45, 7) is 0.487. The molecule has 1 amide bonds. The van der Waals surface area contributed by atoms with Gasteiger partial charge in [0, 0.05) is 24.2 Å². The lowest BCUT2D eigenvalue weighted by Crippen LogP contribution is -2.30. The van der Waals surface area contributed by atoms with E-state index in [0.717, 1.165) is 19.3 Å². The van der Waals surface area contributed by atoms with E-state index in [0.29, 0.717) is 36.0 Å². The minimum atomic E-state index is -3.82. The van der Waals surface area contributed by atoms with E-state index < -0.39 is 15.9 Å². The quantitative estimate of drug-likeness (QED) is 0.555. The van der Waals surface area contributed by atoms with Gasteiger partial charge in [-0.25, -0.2) is 8.42 Å². The molecule has 1 heterocycles. The maximum Gasteiger partial charge on any atom is 0.262 e. The zero-order chi connectivity index (χ0) is 23.0. The average molecular weight is 462 g/mol. The Morgan fingerprint density at radius 2 is 1.97 bits per heavy atom. The first-order valence-corrected chi connectivity index (χ1v) is 11.8. The largest absolute Gasteiger partial charge is 0.493 e. The first-order valence-electron chi connectivity index (χ1n) is 10.3. The third kappa shape index (κ3) is 6.21. The van der Waals surface area contributed by atoms with Crippen LogP contribution >= 0.6 is 0 Å². The summed E-state index contributed by atoms with van der Waals surface area (Å²) in [5, 5.41) is 11.7. The molecule has 0 spiro atoms. The summed E-state index contributed by atoms with van der Waals surface area (Å²) in [7, 11) is -2.34. The number of nitrogens with one attached hydrogen (secondary N) is 2. The van der Waals surface area contributed by atoms with Crippen molar-refractivity contribution in [2.45, 2.75) is 30.6 Å². The van der Waals surface area contributed by atoms with Crippen molar-refractivity contribution in [1.29, 1.82) is 0 Å². The van der Waals surface area contributed by atoms with Crippen molar-refractivity contribution in [3.8, 4) is 11.5 Å². The van der Waals surface area contributed by atoms with Crippen LogP contribution in [0, 0.1) is 0 Å². The minimum Gasteiger partial charge on any atom is -0.493 e. The second-order valence-corrected chi connectivity index (χ2v) is 8.85. The molecule has 0 fully saturated rings. The number of amides is 1. The van der Waals surface area contributed by atoms with Crippen LogP contribution in [0.1, 0.15) is 36.0 Å². The number of carbonyl (C=O) groups excluding carboxylic acids is 1. The molecule has 2 aromatic carbocycles. The molecule has 0 bridgehead atoms. The third-order valence-corrected chi connectivity index (χ3v) is 6.18. The number of nitrogens with zero attached hydrogens (tertiary/aromatic N) is 1.